The number of imide groups is 1. The highest BCUT2D eigenvalue weighted by atomic mass is 79.9. The number of rotatable bonds is 6. The molecular weight excluding hydrogens is 392 g/mol. The Morgan fingerprint density at radius 2 is 1.64 bits per heavy atom. The maximum Gasteiger partial charge on any atom is 0.321 e. The number of Topliss-reactive ketones (excluding diaryl/α,β-unsaturated/α-hetero) is 1. The van der Waals surface area contributed by atoms with E-state index in [9.17, 15) is 19.2 Å². The number of urea groups is 1. The van der Waals surface area contributed by atoms with Crippen LogP contribution in [0.25, 0.3) is 0 Å². The summed E-state index contributed by atoms with van der Waals surface area (Å²) in [6.45, 7) is 4.71. The molecule has 3 amide bonds. The Morgan fingerprint density at radius 3 is 2.20 bits per heavy atom. The number of nitrogens with one attached hydrogen (secondary N) is 2. The van der Waals surface area contributed by atoms with Gasteiger partial charge in [-0.25, -0.2) is 4.79 Å². The van der Waals surface area contributed by atoms with E-state index in [-0.39, 0.29) is 18.6 Å². The van der Waals surface area contributed by atoms with E-state index in [2.05, 4.69) is 26.6 Å². The number of hydrogen-bond donors (Lipinski definition) is 2. The van der Waals surface area contributed by atoms with Crippen molar-refractivity contribution in [2.75, 3.05) is 6.61 Å². The summed E-state index contributed by atoms with van der Waals surface area (Å²) in [5, 5.41) is 4.59. The van der Waals surface area contributed by atoms with Crippen molar-refractivity contribution in [2.45, 2.75) is 39.2 Å². The molecule has 0 unspecified atom stereocenters. The van der Waals surface area contributed by atoms with Crippen LogP contribution in [-0.2, 0) is 14.3 Å². The van der Waals surface area contributed by atoms with E-state index in [4.69, 9.17) is 4.74 Å². The highest BCUT2D eigenvalue weighted by molar-refractivity contribution is 9.10. The predicted molar refractivity (Wildman–Crippen MR) is 95.1 cm³/mol. The van der Waals surface area contributed by atoms with E-state index < -0.39 is 30.1 Å². The number of amides is 3. The lowest BCUT2D eigenvalue weighted by Gasteiger charge is -2.20. The van der Waals surface area contributed by atoms with Gasteiger partial charge in [-0.2, -0.15) is 0 Å². The van der Waals surface area contributed by atoms with Gasteiger partial charge < -0.3 is 10.1 Å². The molecule has 0 fully saturated rings. The molecule has 0 saturated heterocycles. The van der Waals surface area contributed by atoms with Gasteiger partial charge in [-0.05, 0) is 32.9 Å². The first-order valence-electron chi connectivity index (χ1n) is 7.63. The van der Waals surface area contributed by atoms with Crippen molar-refractivity contribution >= 4 is 39.6 Å². The van der Waals surface area contributed by atoms with Gasteiger partial charge in [0.05, 0.1) is 6.42 Å². The van der Waals surface area contributed by atoms with Gasteiger partial charge in [0.1, 0.15) is 0 Å². The summed E-state index contributed by atoms with van der Waals surface area (Å²) in [6, 6.07) is 6.11. The minimum atomic E-state index is -0.741. The fraction of sp³-hybridized carbons (Fsp3) is 0.412. The largest absolute Gasteiger partial charge is 0.456 e. The van der Waals surface area contributed by atoms with E-state index in [0.717, 1.165) is 4.47 Å². The summed E-state index contributed by atoms with van der Waals surface area (Å²) in [4.78, 5) is 46.5. The number of esters is 1. The fourth-order valence-electron chi connectivity index (χ4n) is 1.75. The highest BCUT2D eigenvalue weighted by Gasteiger charge is 2.17. The van der Waals surface area contributed by atoms with Crippen LogP contribution in [0.5, 0.6) is 0 Å². The Balaban J connectivity index is 2.30. The normalized spacial score (nSPS) is 10.7. The van der Waals surface area contributed by atoms with Crippen LogP contribution in [0.3, 0.4) is 0 Å². The zero-order chi connectivity index (χ0) is 19.0. The molecule has 0 atom stereocenters. The molecule has 0 aromatic heterocycles. The summed E-state index contributed by atoms with van der Waals surface area (Å²) < 4.78 is 5.60. The summed E-state index contributed by atoms with van der Waals surface area (Å²) in [5.41, 5.74) is 0.00150. The molecule has 7 nitrogen and oxygen atoms in total. The Morgan fingerprint density at radius 1 is 1.04 bits per heavy atom. The van der Waals surface area contributed by atoms with Gasteiger partial charge in [0.25, 0.3) is 5.91 Å². The van der Waals surface area contributed by atoms with Crippen molar-refractivity contribution < 1.29 is 23.9 Å². The molecule has 136 valence electrons. The molecular formula is C17H21BrN2O5. The first-order valence-corrected chi connectivity index (χ1v) is 8.42. The third-order valence-corrected chi connectivity index (χ3v) is 3.36. The Bertz CT molecular complexity index is 650. The van der Waals surface area contributed by atoms with Crippen molar-refractivity contribution in [2.24, 2.45) is 0 Å². The van der Waals surface area contributed by atoms with Crippen LogP contribution in [-0.4, -0.2) is 35.8 Å². The predicted octanol–water partition coefficient (Wildman–Crippen LogP) is 2.58. The number of ether oxygens (including phenoxy) is 1. The van der Waals surface area contributed by atoms with Crippen molar-refractivity contribution in [3.8, 4) is 0 Å². The molecule has 0 saturated carbocycles. The molecule has 0 spiro atoms. The van der Waals surface area contributed by atoms with Crippen LogP contribution in [0.2, 0.25) is 0 Å². The molecule has 1 rings (SSSR count). The van der Waals surface area contributed by atoms with Gasteiger partial charge >= 0.3 is 12.0 Å². The number of ketones is 1. The summed E-state index contributed by atoms with van der Waals surface area (Å²) >= 11 is 3.27. The zero-order valence-corrected chi connectivity index (χ0v) is 15.9. The molecule has 0 aliphatic rings. The monoisotopic (exact) mass is 412 g/mol. The topological polar surface area (TPSA) is 102 Å². The average Bonchev–Trinajstić information content (AvgIpc) is 2.49. The van der Waals surface area contributed by atoms with E-state index >= 15 is 0 Å². The lowest BCUT2D eigenvalue weighted by molar-refractivity contribution is -0.148. The van der Waals surface area contributed by atoms with Gasteiger partial charge in [-0.3, -0.25) is 19.7 Å². The van der Waals surface area contributed by atoms with Crippen LogP contribution in [0.15, 0.2) is 28.7 Å². The van der Waals surface area contributed by atoms with Crippen molar-refractivity contribution in [1.82, 2.24) is 10.6 Å². The van der Waals surface area contributed by atoms with Crippen molar-refractivity contribution in [3.63, 3.8) is 0 Å². The molecule has 1 aromatic rings. The molecule has 0 aliphatic carbocycles. The third kappa shape index (κ3) is 8.99. The molecule has 1 aromatic carbocycles. The van der Waals surface area contributed by atoms with E-state index in [1.165, 1.54) is 0 Å². The van der Waals surface area contributed by atoms with Gasteiger partial charge in [0.15, 0.2) is 12.4 Å². The lowest BCUT2D eigenvalue weighted by atomic mass is 10.1. The second-order valence-corrected chi connectivity index (χ2v) is 7.26. The van der Waals surface area contributed by atoms with Gasteiger partial charge in [-0.15, -0.1) is 0 Å². The van der Waals surface area contributed by atoms with Crippen LogP contribution < -0.4 is 10.6 Å². The zero-order valence-electron chi connectivity index (χ0n) is 14.3. The molecule has 0 aliphatic heterocycles. The smallest absolute Gasteiger partial charge is 0.321 e. The van der Waals surface area contributed by atoms with Crippen LogP contribution in [0.4, 0.5) is 4.79 Å². The maximum atomic E-state index is 11.9. The highest BCUT2D eigenvalue weighted by Crippen LogP contribution is 2.12. The van der Waals surface area contributed by atoms with Crippen LogP contribution in [0, 0.1) is 0 Å². The number of halogens is 1. The number of hydrogen-bond acceptors (Lipinski definition) is 5. The third-order valence-electron chi connectivity index (χ3n) is 2.83. The SMILES string of the molecule is CC(C)(C)NC(=O)NC(=O)COC(=O)CCC(=O)c1ccc(Br)cc1. The van der Waals surface area contributed by atoms with Gasteiger partial charge in [-0.1, -0.05) is 28.1 Å². The number of carbonyl (C=O) groups excluding carboxylic acids is 4. The Labute approximate surface area is 154 Å². The summed E-state index contributed by atoms with van der Waals surface area (Å²) in [5.74, 6) is -1.62. The molecule has 8 heteroatoms. The Hall–Kier alpha value is -2.22. The molecule has 25 heavy (non-hydrogen) atoms. The quantitative estimate of drug-likeness (QED) is 0.552. The summed E-state index contributed by atoms with van der Waals surface area (Å²) in [7, 11) is 0. The van der Waals surface area contributed by atoms with Crippen molar-refractivity contribution in [3.05, 3.63) is 34.3 Å². The van der Waals surface area contributed by atoms with E-state index in [1.54, 1.807) is 45.0 Å². The molecule has 2 N–H and O–H groups in total. The second-order valence-electron chi connectivity index (χ2n) is 6.34. The minimum absolute atomic E-state index is 0.0212. The maximum absolute atomic E-state index is 11.9. The van der Waals surface area contributed by atoms with Crippen molar-refractivity contribution in [1.29, 1.82) is 0 Å². The van der Waals surface area contributed by atoms with E-state index in [1.807, 2.05) is 0 Å². The van der Waals surface area contributed by atoms with Gasteiger partial charge in [0, 0.05) is 22.0 Å². The number of carbonyl (C=O) groups is 4. The first-order chi connectivity index (χ1) is 11.6. The average molecular weight is 413 g/mol. The second kappa shape index (κ2) is 9.31. The molecule has 0 heterocycles. The minimum Gasteiger partial charge on any atom is -0.456 e. The standard InChI is InChI=1S/C17H21BrN2O5/c1-17(2,3)20-16(24)19-14(22)10-25-15(23)9-8-13(21)11-4-6-12(18)7-5-11/h4-7H,8-10H2,1-3H3,(H2,19,20,22,24). The fourth-order valence-corrected chi connectivity index (χ4v) is 2.01. The van der Waals surface area contributed by atoms with E-state index in [0.29, 0.717) is 5.56 Å². The lowest BCUT2D eigenvalue weighted by Crippen LogP contribution is -2.49. The Kier molecular flexibility index (Phi) is 7.76. The number of benzene rings is 1. The summed E-state index contributed by atoms with van der Waals surface area (Å²) in [6.07, 6.45) is -0.164. The van der Waals surface area contributed by atoms with Crippen LogP contribution in [0.1, 0.15) is 44.0 Å². The molecule has 0 radical (unpaired) electrons. The molecule has 0 bridgehead atoms. The van der Waals surface area contributed by atoms with Crippen LogP contribution >= 0.6 is 15.9 Å². The van der Waals surface area contributed by atoms with Gasteiger partial charge in [0.2, 0.25) is 0 Å². The first kappa shape index (κ1) is 20.8.